The van der Waals surface area contributed by atoms with Gasteiger partial charge in [-0.05, 0) is 35.4 Å². The van der Waals surface area contributed by atoms with Crippen LogP contribution in [0.3, 0.4) is 0 Å². The summed E-state index contributed by atoms with van der Waals surface area (Å²) >= 11 is 1.65. The van der Waals surface area contributed by atoms with E-state index in [1.807, 2.05) is 0 Å². The Morgan fingerprint density at radius 2 is 1.56 bits per heavy atom. The Kier molecular flexibility index (Phi) is 6.06. The lowest BCUT2D eigenvalue weighted by atomic mass is 10.1. The van der Waals surface area contributed by atoms with Crippen LogP contribution in [0.15, 0.2) is 49.5 Å². The fraction of sp³-hybridized carbons (Fsp3) is 0.200. The smallest absolute Gasteiger partial charge is 0.417 e. The molecule has 36 heavy (non-hydrogen) atoms. The van der Waals surface area contributed by atoms with Gasteiger partial charge in [0.25, 0.3) is 26.0 Å². The zero-order valence-corrected chi connectivity index (χ0v) is 21.3. The molecular formula is C20H16N2O10S4. The number of anilines is 1. The maximum absolute atomic E-state index is 13.7. The molecule has 2 aromatic heterocycles. The maximum Gasteiger partial charge on any atom is 0.417 e. The number of phenols is 1. The van der Waals surface area contributed by atoms with Gasteiger partial charge in [-0.15, -0.1) is 22.7 Å². The number of carbonyl (C=O) groups is 2. The van der Waals surface area contributed by atoms with Crippen molar-refractivity contribution in [2.45, 2.75) is 14.8 Å². The number of benzene rings is 1. The first-order valence-electron chi connectivity index (χ1n) is 10.1. The molecule has 2 aliphatic heterocycles. The van der Waals surface area contributed by atoms with Crippen LogP contribution in [0, 0.1) is 0 Å². The molecule has 3 aromatic rings. The number of carbonyl (C=O) groups excluding carboxylic acids is 2. The number of hydrogen-bond donors (Lipinski definition) is 1. The highest BCUT2D eigenvalue weighted by molar-refractivity contribution is 8.11. The van der Waals surface area contributed by atoms with Gasteiger partial charge in [0, 0.05) is 12.1 Å². The van der Waals surface area contributed by atoms with Crippen LogP contribution in [0.4, 0.5) is 10.5 Å². The van der Waals surface area contributed by atoms with Crippen LogP contribution >= 0.6 is 22.7 Å². The third-order valence-corrected chi connectivity index (χ3v) is 12.2. The Labute approximate surface area is 213 Å². The molecule has 0 aliphatic carbocycles. The molecule has 1 saturated heterocycles. The summed E-state index contributed by atoms with van der Waals surface area (Å²) in [5.74, 6) is -1.56. The SMILES string of the molecule is O=C1COC(=O)N1CCc1cc(N(S(=O)(=O)c2cccs2)S(=O)(=O)c2cccs2)c2c(c1O)OCO2. The number of ether oxygens (including phenoxy) is 3. The number of imide groups is 1. The van der Waals surface area contributed by atoms with Gasteiger partial charge in [0.05, 0.1) is 0 Å². The number of amides is 2. The van der Waals surface area contributed by atoms with Crippen LogP contribution < -0.4 is 13.2 Å². The number of thiophene rings is 2. The van der Waals surface area contributed by atoms with Crippen LogP contribution in [0.2, 0.25) is 0 Å². The topological polar surface area (TPSA) is 157 Å². The second-order valence-corrected chi connectivity index (χ2v) is 13.5. The zero-order valence-electron chi connectivity index (χ0n) is 18.0. The second kappa shape index (κ2) is 8.95. The van der Waals surface area contributed by atoms with Crippen LogP contribution in [0.25, 0.3) is 0 Å². The number of cyclic esters (lactones) is 1. The normalized spacial score (nSPS) is 15.4. The molecule has 190 valence electrons. The van der Waals surface area contributed by atoms with Crippen molar-refractivity contribution in [3.8, 4) is 17.2 Å². The minimum Gasteiger partial charge on any atom is -0.504 e. The molecule has 16 heteroatoms. The summed E-state index contributed by atoms with van der Waals surface area (Å²) in [7, 11) is -9.36. The molecular weight excluding hydrogens is 556 g/mol. The Balaban J connectivity index is 1.67. The van der Waals surface area contributed by atoms with Gasteiger partial charge < -0.3 is 19.3 Å². The van der Waals surface area contributed by atoms with Gasteiger partial charge in [-0.2, -0.15) is 20.5 Å². The molecule has 1 aromatic carbocycles. The molecule has 2 aliphatic rings. The van der Waals surface area contributed by atoms with E-state index in [0.717, 1.165) is 33.6 Å². The minimum atomic E-state index is -4.68. The van der Waals surface area contributed by atoms with Gasteiger partial charge in [0.15, 0.2) is 18.1 Å². The molecule has 0 saturated carbocycles. The van der Waals surface area contributed by atoms with Crippen molar-refractivity contribution in [1.29, 1.82) is 0 Å². The number of nitrogens with zero attached hydrogens (tertiary/aromatic N) is 2. The van der Waals surface area contributed by atoms with Crippen LogP contribution in [0.5, 0.6) is 17.2 Å². The average molecular weight is 573 g/mol. The van der Waals surface area contributed by atoms with Crippen molar-refractivity contribution >= 4 is 60.4 Å². The Morgan fingerprint density at radius 3 is 2.08 bits per heavy atom. The van der Waals surface area contributed by atoms with E-state index in [2.05, 4.69) is 4.74 Å². The predicted molar refractivity (Wildman–Crippen MR) is 126 cm³/mol. The van der Waals surface area contributed by atoms with Gasteiger partial charge in [-0.1, -0.05) is 12.1 Å². The summed E-state index contributed by atoms with van der Waals surface area (Å²) in [4.78, 5) is 24.5. The summed E-state index contributed by atoms with van der Waals surface area (Å²) in [6, 6.07) is 6.59. The van der Waals surface area contributed by atoms with Gasteiger partial charge in [0.1, 0.15) is 14.1 Å². The quantitative estimate of drug-likeness (QED) is 0.425. The molecule has 5 rings (SSSR count). The van der Waals surface area contributed by atoms with Crippen molar-refractivity contribution in [1.82, 2.24) is 4.90 Å². The largest absolute Gasteiger partial charge is 0.504 e. The van der Waals surface area contributed by atoms with Crippen LogP contribution in [0.1, 0.15) is 5.56 Å². The summed E-state index contributed by atoms with van der Waals surface area (Å²) in [5, 5.41) is 13.7. The molecule has 0 spiro atoms. The lowest BCUT2D eigenvalue weighted by Gasteiger charge is -2.24. The Bertz CT molecular complexity index is 1470. The number of fused-ring (bicyclic) bond motifs is 1. The standard InChI is InChI=1S/C20H16N2O10S4/c23-14-10-30-20(25)21(14)6-5-12-9-13(18-19(17(12)24)32-11-31-18)22(35(26,27)15-3-1-7-33-15)36(28,29)16-4-2-8-34-16/h1-4,7-9,24H,5-6,10-11H2. The van der Waals surface area contributed by atoms with Gasteiger partial charge in [-0.25, -0.2) is 9.69 Å². The molecule has 0 radical (unpaired) electrons. The molecule has 0 bridgehead atoms. The first-order chi connectivity index (χ1) is 17.1. The van der Waals surface area contributed by atoms with Crippen molar-refractivity contribution in [3.05, 3.63) is 46.7 Å². The highest BCUT2D eigenvalue weighted by Gasteiger charge is 2.43. The third kappa shape index (κ3) is 3.95. The second-order valence-electron chi connectivity index (χ2n) is 7.39. The monoisotopic (exact) mass is 572 g/mol. The summed E-state index contributed by atoms with van der Waals surface area (Å²) < 4.78 is 69.9. The van der Waals surface area contributed by atoms with E-state index in [-0.39, 0.29) is 42.2 Å². The molecule has 4 heterocycles. The van der Waals surface area contributed by atoms with Gasteiger partial charge in [0.2, 0.25) is 12.5 Å². The summed E-state index contributed by atoms with van der Waals surface area (Å²) in [6.45, 7) is -1.02. The summed E-state index contributed by atoms with van der Waals surface area (Å²) in [5.41, 5.74) is -0.387. The third-order valence-electron chi connectivity index (χ3n) is 5.25. The van der Waals surface area contributed by atoms with E-state index in [0.29, 0.717) is 0 Å². The van der Waals surface area contributed by atoms with E-state index in [1.54, 1.807) is 0 Å². The first-order valence-corrected chi connectivity index (χ1v) is 14.8. The van der Waals surface area contributed by atoms with E-state index in [4.69, 9.17) is 9.47 Å². The molecule has 1 fully saturated rings. The molecule has 2 amide bonds. The highest BCUT2D eigenvalue weighted by atomic mass is 32.3. The fourth-order valence-electron chi connectivity index (χ4n) is 3.62. The van der Waals surface area contributed by atoms with Crippen molar-refractivity contribution in [2.75, 3.05) is 23.7 Å². The van der Waals surface area contributed by atoms with Crippen molar-refractivity contribution < 1.29 is 45.7 Å². The first kappa shape index (κ1) is 24.4. The Hall–Kier alpha value is -3.34. The lowest BCUT2D eigenvalue weighted by Crippen LogP contribution is -2.36. The van der Waals surface area contributed by atoms with E-state index < -0.39 is 56.9 Å². The van der Waals surface area contributed by atoms with Gasteiger partial charge >= 0.3 is 6.09 Å². The average Bonchev–Trinajstić information content (AvgIpc) is 3.63. The number of rotatable bonds is 8. The van der Waals surface area contributed by atoms with Crippen molar-refractivity contribution in [2.24, 2.45) is 0 Å². The fourth-order valence-corrected chi connectivity index (χ4v) is 9.68. The number of aromatic hydroxyl groups is 1. The molecule has 0 unspecified atom stereocenters. The number of sulfonamides is 2. The highest BCUT2D eigenvalue weighted by Crippen LogP contribution is 2.51. The minimum absolute atomic E-state index is 0.0227. The van der Waals surface area contributed by atoms with Crippen LogP contribution in [-0.2, 0) is 36.0 Å². The van der Waals surface area contributed by atoms with E-state index >= 15 is 0 Å². The van der Waals surface area contributed by atoms with Crippen molar-refractivity contribution in [3.63, 3.8) is 0 Å². The zero-order chi connectivity index (χ0) is 25.7. The predicted octanol–water partition coefficient (Wildman–Crippen LogP) is 2.35. The molecule has 0 atom stereocenters. The molecule has 12 nitrogen and oxygen atoms in total. The van der Waals surface area contributed by atoms with Crippen LogP contribution in [-0.4, -0.2) is 58.8 Å². The molecule has 1 N–H and O–H groups in total. The Morgan fingerprint density at radius 1 is 0.944 bits per heavy atom. The lowest BCUT2D eigenvalue weighted by molar-refractivity contribution is -0.125. The van der Waals surface area contributed by atoms with E-state index in [1.165, 1.54) is 35.0 Å². The maximum atomic E-state index is 13.7. The van der Waals surface area contributed by atoms with Gasteiger partial charge in [-0.3, -0.25) is 4.79 Å². The number of phenolic OH excluding ortho intramolecular Hbond substituents is 1. The van der Waals surface area contributed by atoms with E-state index in [9.17, 15) is 31.5 Å². The summed E-state index contributed by atoms with van der Waals surface area (Å²) in [6.07, 6.45) is -1.01. The number of hydrogen-bond acceptors (Lipinski definition) is 12.